The third-order valence-electron chi connectivity index (χ3n) is 3.05. The van der Waals surface area contributed by atoms with Crippen LogP contribution >= 0.6 is 15.9 Å². The molecule has 1 heterocycles. The molecule has 0 unspecified atom stereocenters. The Morgan fingerprint density at radius 3 is 2.54 bits per heavy atom. The van der Waals surface area contributed by atoms with E-state index in [1.165, 1.54) is 30.3 Å². The van der Waals surface area contributed by atoms with E-state index in [-0.39, 0.29) is 34.2 Å². The monoisotopic (exact) mass is 394 g/mol. The molecule has 0 radical (unpaired) electrons. The molecule has 24 heavy (non-hydrogen) atoms. The van der Waals surface area contributed by atoms with Gasteiger partial charge in [-0.05, 0) is 58.4 Å². The van der Waals surface area contributed by atoms with Gasteiger partial charge >= 0.3 is 5.97 Å². The second-order valence-electron chi connectivity index (χ2n) is 4.72. The van der Waals surface area contributed by atoms with E-state index in [0.29, 0.717) is 5.56 Å². The summed E-state index contributed by atoms with van der Waals surface area (Å²) >= 11 is 3.09. The van der Waals surface area contributed by atoms with Crippen LogP contribution < -0.4 is 0 Å². The highest BCUT2D eigenvalue weighted by Crippen LogP contribution is 2.20. The molecular formula is C16H9BrF2N2O3. The first-order valence-corrected chi connectivity index (χ1v) is 7.53. The molecule has 0 saturated heterocycles. The van der Waals surface area contributed by atoms with E-state index >= 15 is 0 Å². The molecular weight excluding hydrogens is 386 g/mol. The molecule has 0 bridgehead atoms. The van der Waals surface area contributed by atoms with Crippen molar-refractivity contribution in [2.24, 2.45) is 0 Å². The lowest BCUT2D eigenvalue weighted by molar-refractivity contribution is 0.0428. The van der Waals surface area contributed by atoms with Crippen LogP contribution in [-0.2, 0) is 11.3 Å². The van der Waals surface area contributed by atoms with E-state index in [1.54, 1.807) is 0 Å². The average molecular weight is 395 g/mol. The minimum atomic E-state index is -0.664. The van der Waals surface area contributed by atoms with Gasteiger partial charge in [0.05, 0.1) is 5.56 Å². The normalized spacial score (nSPS) is 10.6. The molecule has 0 aliphatic carbocycles. The highest BCUT2D eigenvalue weighted by molar-refractivity contribution is 9.10. The van der Waals surface area contributed by atoms with Gasteiger partial charge in [-0.25, -0.2) is 13.6 Å². The Balaban J connectivity index is 1.67. The van der Waals surface area contributed by atoms with Gasteiger partial charge in [0.25, 0.3) is 5.89 Å². The Morgan fingerprint density at radius 2 is 1.83 bits per heavy atom. The molecule has 8 heteroatoms. The molecule has 0 atom stereocenters. The fraction of sp³-hybridized carbons (Fsp3) is 0.0625. The number of esters is 1. The zero-order valence-corrected chi connectivity index (χ0v) is 13.6. The molecule has 0 aliphatic heterocycles. The topological polar surface area (TPSA) is 65.2 Å². The van der Waals surface area contributed by atoms with E-state index in [1.807, 2.05) is 0 Å². The van der Waals surface area contributed by atoms with Crippen LogP contribution in [0, 0.1) is 11.6 Å². The van der Waals surface area contributed by atoms with Crippen molar-refractivity contribution in [3.8, 4) is 11.4 Å². The molecule has 1 aromatic heterocycles. The van der Waals surface area contributed by atoms with Crippen molar-refractivity contribution >= 4 is 21.9 Å². The quantitative estimate of drug-likeness (QED) is 0.622. The van der Waals surface area contributed by atoms with E-state index in [9.17, 15) is 13.6 Å². The molecule has 3 rings (SSSR count). The largest absolute Gasteiger partial charge is 0.452 e. The Bertz CT molecular complexity index is 881. The first-order valence-electron chi connectivity index (χ1n) is 6.73. The first kappa shape index (κ1) is 16.3. The molecule has 2 aromatic carbocycles. The van der Waals surface area contributed by atoms with Crippen LogP contribution in [0.2, 0.25) is 0 Å². The summed E-state index contributed by atoms with van der Waals surface area (Å²) in [7, 11) is 0. The van der Waals surface area contributed by atoms with Crippen molar-refractivity contribution in [3.63, 3.8) is 0 Å². The first-order chi connectivity index (χ1) is 11.5. The molecule has 122 valence electrons. The second kappa shape index (κ2) is 6.88. The van der Waals surface area contributed by atoms with Crippen molar-refractivity contribution in [2.75, 3.05) is 0 Å². The van der Waals surface area contributed by atoms with Crippen LogP contribution in [0.3, 0.4) is 0 Å². The summed E-state index contributed by atoms with van der Waals surface area (Å²) in [6.45, 7) is -0.239. The Kier molecular flexibility index (Phi) is 4.66. The predicted molar refractivity (Wildman–Crippen MR) is 82.9 cm³/mol. The Labute approximate surface area is 143 Å². The molecule has 0 aliphatic rings. The second-order valence-corrected chi connectivity index (χ2v) is 5.57. The minimum absolute atomic E-state index is 0.0842. The number of rotatable bonds is 4. The number of nitrogens with zero attached hydrogens (tertiary/aromatic N) is 2. The van der Waals surface area contributed by atoms with Gasteiger partial charge in [-0.1, -0.05) is 5.16 Å². The van der Waals surface area contributed by atoms with Crippen molar-refractivity contribution in [1.82, 2.24) is 10.1 Å². The number of halogens is 3. The third-order valence-corrected chi connectivity index (χ3v) is 3.70. The summed E-state index contributed by atoms with van der Waals surface area (Å²) < 4.78 is 36.2. The van der Waals surface area contributed by atoms with Gasteiger partial charge in [-0.3, -0.25) is 0 Å². The van der Waals surface area contributed by atoms with E-state index < -0.39 is 11.8 Å². The standard InChI is InChI=1S/C16H9BrF2N2O3/c17-13-7-11(19)5-6-12(13)16(22)23-8-14-20-15(21-24-14)9-1-3-10(18)4-2-9/h1-7H,8H2. The van der Waals surface area contributed by atoms with Gasteiger partial charge < -0.3 is 9.26 Å². The number of hydrogen-bond acceptors (Lipinski definition) is 5. The molecule has 0 N–H and O–H groups in total. The van der Waals surface area contributed by atoms with Gasteiger partial charge in [0.15, 0.2) is 6.61 Å². The zero-order valence-electron chi connectivity index (χ0n) is 12.0. The maximum atomic E-state index is 13.0. The molecule has 0 spiro atoms. The molecule has 0 fully saturated rings. The third kappa shape index (κ3) is 3.65. The van der Waals surface area contributed by atoms with E-state index in [0.717, 1.165) is 12.1 Å². The predicted octanol–water partition coefficient (Wildman–Crippen LogP) is 4.13. The average Bonchev–Trinajstić information content (AvgIpc) is 3.02. The Hall–Kier alpha value is -2.61. The highest BCUT2D eigenvalue weighted by atomic mass is 79.9. The van der Waals surface area contributed by atoms with Gasteiger partial charge in [0.2, 0.25) is 5.82 Å². The number of hydrogen-bond donors (Lipinski definition) is 0. The summed E-state index contributed by atoms with van der Waals surface area (Å²) in [5.41, 5.74) is 0.744. The lowest BCUT2D eigenvalue weighted by Gasteiger charge is -2.04. The van der Waals surface area contributed by atoms with Crippen LogP contribution in [0.5, 0.6) is 0 Å². The number of benzene rings is 2. The van der Waals surface area contributed by atoms with Crippen molar-refractivity contribution < 1.29 is 22.8 Å². The van der Waals surface area contributed by atoms with Crippen LogP contribution in [0.15, 0.2) is 51.5 Å². The summed E-state index contributed by atoms with van der Waals surface area (Å²) in [6, 6.07) is 9.18. The van der Waals surface area contributed by atoms with E-state index in [4.69, 9.17) is 9.26 Å². The van der Waals surface area contributed by atoms with Crippen LogP contribution in [0.25, 0.3) is 11.4 Å². The van der Waals surface area contributed by atoms with Gasteiger partial charge in [-0.15, -0.1) is 0 Å². The fourth-order valence-corrected chi connectivity index (χ4v) is 2.40. The number of carbonyl (C=O) groups excluding carboxylic acids is 1. The lowest BCUT2D eigenvalue weighted by Crippen LogP contribution is -2.06. The summed E-state index contributed by atoms with van der Waals surface area (Å²) in [6.07, 6.45) is 0. The Morgan fingerprint density at radius 1 is 1.12 bits per heavy atom. The van der Waals surface area contributed by atoms with Crippen LogP contribution in [-0.4, -0.2) is 16.1 Å². The van der Waals surface area contributed by atoms with Crippen molar-refractivity contribution in [1.29, 1.82) is 0 Å². The smallest absolute Gasteiger partial charge is 0.339 e. The fourth-order valence-electron chi connectivity index (χ4n) is 1.89. The maximum Gasteiger partial charge on any atom is 0.339 e. The molecule has 0 amide bonds. The van der Waals surface area contributed by atoms with Crippen molar-refractivity contribution in [2.45, 2.75) is 6.61 Å². The number of carbonyl (C=O) groups is 1. The zero-order chi connectivity index (χ0) is 17.1. The van der Waals surface area contributed by atoms with E-state index in [2.05, 4.69) is 26.1 Å². The number of aromatic nitrogens is 2. The van der Waals surface area contributed by atoms with Crippen LogP contribution in [0.4, 0.5) is 8.78 Å². The summed E-state index contributed by atoms with van der Waals surface area (Å²) in [4.78, 5) is 16.0. The van der Waals surface area contributed by atoms with Gasteiger partial charge in [0, 0.05) is 10.0 Å². The SMILES string of the molecule is O=C(OCc1nc(-c2ccc(F)cc2)no1)c1ccc(F)cc1Br. The molecule has 0 saturated carbocycles. The summed E-state index contributed by atoms with van der Waals surface area (Å²) in [5, 5.41) is 3.74. The van der Waals surface area contributed by atoms with Gasteiger partial charge in [0.1, 0.15) is 11.6 Å². The molecule has 5 nitrogen and oxygen atoms in total. The van der Waals surface area contributed by atoms with Crippen LogP contribution in [0.1, 0.15) is 16.2 Å². The number of ether oxygens (including phenoxy) is 1. The maximum absolute atomic E-state index is 13.0. The summed E-state index contributed by atoms with van der Waals surface area (Å²) in [5.74, 6) is -1.17. The minimum Gasteiger partial charge on any atom is -0.452 e. The lowest BCUT2D eigenvalue weighted by atomic mass is 10.2. The molecule has 3 aromatic rings. The highest BCUT2D eigenvalue weighted by Gasteiger charge is 2.15. The van der Waals surface area contributed by atoms with Gasteiger partial charge in [-0.2, -0.15) is 4.98 Å². The van der Waals surface area contributed by atoms with Crippen molar-refractivity contribution in [3.05, 3.63) is 70.0 Å².